The average molecular weight is 549 g/mol. The van der Waals surface area contributed by atoms with Crippen molar-refractivity contribution in [3.63, 3.8) is 0 Å². The highest BCUT2D eigenvalue weighted by atomic mass is 16.5. The van der Waals surface area contributed by atoms with Gasteiger partial charge in [0.05, 0.1) is 12.7 Å². The number of phenolic OH excluding ortho intramolecular Hbond substituents is 1. The van der Waals surface area contributed by atoms with E-state index in [0.29, 0.717) is 54.9 Å². The molecule has 1 aromatic rings. The number of nitrogens with one attached hydrogen (secondary N) is 2. The molecular formula is C29H48N4O6. The third-order valence-electron chi connectivity index (χ3n) is 8.34. The first-order valence-corrected chi connectivity index (χ1v) is 14.3. The van der Waals surface area contributed by atoms with E-state index in [1.54, 1.807) is 19.2 Å². The number of aliphatic hydroxyl groups is 2. The molecule has 0 spiro atoms. The van der Waals surface area contributed by atoms with Gasteiger partial charge in [-0.15, -0.1) is 0 Å². The molecule has 0 amide bonds. The highest BCUT2D eigenvalue weighted by Gasteiger charge is 2.33. The fraction of sp³-hybridized carbons (Fsp3) is 0.724. The predicted molar refractivity (Wildman–Crippen MR) is 151 cm³/mol. The maximum Gasteiger partial charge on any atom is 0.302 e. The van der Waals surface area contributed by atoms with Crippen molar-refractivity contribution in [3.8, 4) is 11.5 Å². The Morgan fingerprint density at radius 3 is 2.64 bits per heavy atom. The fourth-order valence-corrected chi connectivity index (χ4v) is 5.86. The normalized spacial score (nSPS) is 24.1. The van der Waals surface area contributed by atoms with E-state index in [-0.39, 0.29) is 30.3 Å². The Kier molecular flexibility index (Phi) is 12.1. The van der Waals surface area contributed by atoms with Crippen LogP contribution in [0.25, 0.3) is 0 Å². The minimum absolute atomic E-state index is 0.0100. The number of rotatable bonds is 12. The third-order valence-corrected chi connectivity index (χ3v) is 8.34. The van der Waals surface area contributed by atoms with Gasteiger partial charge < -0.3 is 41.2 Å². The average Bonchev–Trinajstić information content (AvgIpc) is 2.92. The predicted octanol–water partition coefficient (Wildman–Crippen LogP) is 2.22. The maximum absolute atomic E-state index is 11.9. The van der Waals surface area contributed by atoms with Crippen molar-refractivity contribution in [1.29, 1.82) is 0 Å². The largest absolute Gasteiger partial charge is 0.504 e. The van der Waals surface area contributed by atoms with Gasteiger partial charge in [-0.1, -0.05) is 13.3 Å². The molecule has 1 aromatic carbocycles. The number of ether oxygens (including phenoxy) is 2. The summed E-state index contributed by atoms with van der Waals surface area (Å²) in [6, 6.07) is 3.34. The number of piperidine rings is 1. The Balaban J connectivity index is 1.64. The zero-order valence-corrected chi connectivity index (χ0v) is 23.7. The van der Waals surface area contributed by atoms with E-state index < -0.39 is 12.2 Å². The van der Waals surface area contributed by atoms with Gasteiger partial charge in [0.2, 0.25) is 0 Å². The number of nitrogens with two attached hydrogens (primary N) is 1. The van der Waals surface area contributed by atoms with Crippen LogP contribution in [0, 0.1) is 17.8 Å². The summed E-state index contributed by atoms with van der Waals surface area (Å²) in [5.74, 6) is 1.44. The number of guanidine groups is 1. The molecule has 0 bridgehead atoms. The molecule has 0 unspecified atom stereocenters. The number of esters is 1. The van der Waals surface area contributed by atoms with Gasteiger partial charge in [-0.2, -0.15) is 0 Å². The second-order valence-electron chi connectivity index (χ2n) is 11.2. The van der Waals surface area contributed by atoms with Crippen LogP contribution in [0.1, 0.15) is 69.9 Å². The summed E-state index contributed by atoms with van der Waals surface area (Å²) in [5, 5.41) is 38.1. The lowest BCUT2D eigenvalue weighted by Crippen LogP contribution is -2.41. The fourth-order valence-electron chi connectivity index (χ4n) is 5.86. The summed E-state index contributed by atoms with van der Waals surface area (Å²) in [6.45, 7) is 5.85. The van der Waals surface area contributed by atoms with E-state index in [1.165, 1.54) is 6.92 Å². The number of carbonyl (C=O) groups excluding carboxylic acids is 1. The molecule has 1 saturated carbocycles. The van der Waals surface area contributed by atoms with Gasteiger partial charge in [-0.3, -0.25) is 9.79 Å². The number of hydrogen-bond donors (Lipinski definition) is 6. The number of benzene rings is 1. The van der Waals surface area contributed by atoms with Gasteiger partial charge in [-0.05, 0) is 92.6 Å². The topological polar surface area (TPSA) is 159 Å². The lowest BCUT2D eigenvalue weighted by molar-refractivity contribution is -0.148. The van der Waals surface area contributed by atoms with Gasteiger partial charge in [0.25, 0.3) is 0 Å². The zero-order chi connectivity index (χ0) is 28.4. The summed E-state index contributed by atoms with van der Waals surface area (Å²) in [6.07, 6.45) is 4.83. The lowest BCUT2D eigenvalue weighted by Gasteiger charge is -2.37. The number of hydrogen-bond acceptors (Lipinski definition) is 8. The van der Waals surface area contributed by atoms with Crippen molar-refractivity contribution >= 4 is 11.9 Å². The van der Waals surface area contributed by atoms with Crippen LogP contribution >= 0.6 is 0 Å². The highest BCUT2D eigenvalue weighted by molar-refractivity contribution is 5.77. The van der Waals surface area contributed by atoms with E-state index in [9.17, 15) is 20.1 Å². The number of carbonyl (C=O) groups is 1. The third kappa shape index (κ3) is 9.54. The van der Waals surface area contributed by atoms with Crippen LogP contribution in [0.5, 0.6) is 11.5 Å². The Morgan fingerprint density at radius 2 is 1.97 bits per heavy atom. The number of aromatic hydroxyl groups is 1. The second-order valence-corrected chi connectivity index (χ2v) is 11.2. The van der Waals surface area contributed by atoms with Crippen LogP contribution < -0.4 is 21.1 Å². The molecular weight excluding hydrogens is 500 g/mol. The van der Waals surface area contributed by atoms with E-state index in [1.807, 2.05) is 0 Å². The number of phenols is 1. The maximum atomic E-state index is 11.9. The molecule has 39 heavy (non-hydrogen) atoms. The lowest BCUT2D eigenvalue weighted by atomic mass is 9.72. The summed E-state index contributed by atoms with van der Waals surface area (Å²) < 4.78 is 11.7. The Bertz CT molecular complexity index is 952. The molecule has 1 aliphatic heterocycles. The van der Waals surface area contributed by atoms with Crippen molar-refractivity contribution in [3.05, 3.63) is 23.3 Å². The first kappa shape index (κ1) is 31.0. The van der Waals surface area contributed by atoms with Gasteiger partial charge in [0.15, 0.2) is 17.5 Å². The molecule has 2 fully saturated rings. The van der Waals surface area contributed by atoms with Gasteiger partial charge in [0, 0.05) is 26.9 Å². The Labute approximate surface area is 232 Å². The van der Waals surface area contributed by atoms with Gasteiger partial charge >= 0.3 is 5.97 Å². The number of aliphatic hydroxyl groups excluding tert-OH is 2. The Hall–Kier alpha value is -2.56. The van der Waals surface area contributed by atoms with Gasteiger partial charge in [-0.25, -0.2) is 0 Å². The van der Waals surface area contributed by atoms with Crippen molar-refractivity contribution in [1.82, 2.24) is 10.6 Å². The summed E-state index contributed by atoms with van der Waals surface area (Å²) >= 11 is 0. The van der Waals surface area contributed by atoms with Crippen LogP contribution in [-0.4, -0.2) is 72.2 Å². The highest BCUT2D eigenvalue weighted by Crippen LogP contribution is 2.37. The quantitative estimate of drug-likeness (QED) is 0.131. The molecule has 0 radical (unpaired) electrons. The van der Waals surface area contributed by atoms with Crippen LogP contribution in [0.2, 0.25) is 0 Å². The minimum atomic E-state index is -0.600. The number of aryl methyl sites for hydroxylation is 1. The zero-order valence-electron chi connectivity index (χ0n) is 23.7. The minimum Gasteiger partial charge on any atom is -0.504 e. The Morgan fingerprint density at radius 1 is 1.23 bits per heavy atom. The van der Waals surface area contributed by atoms with Crippen molar-refractivity contribution < 1.29 is 29.6 Å². The number of nitrogens with zero attached hydrogens (tertiary/aromatic N) is 1. The van der Waals surface area contributed by atoms with Crippen LogP contribution in [0.15, 0.2) is 17.1 Å². The molecule has 220 valence electrons. The molecule has 2 aliphatic rings. The molecule has 1 aliphatic carbocycles. The molecule has 7 N–H and O–H groups in total. The molecule has 3 rings (SSSR count). The molecule has 0 aromatic heterocycles. The van der Waals surface area contributed by atoms with Crippen LogP contribution in [0.3, 0.4) is 0 Å². The molecule has 1 heterocycles. The molecule has 1 saturated heterocycles. The van der Waals surface area contributed by atoms with E-state index in [2.05, 4.69) is 22.5 Å². The summed E-state index contributed by atoms with van der Waals surface area (Å²) in [4.78, 5) is 15.9. The summed E-state index contributed by atoms with van der Waals surface area (Å²) in [5.41, 5.74) is 7.25. The molecule has 5 atom stereocenters. The number of aliphatic imine (C=N–C) groups is 1. The monoisotopic (exact) mass is 548 g/mol. The van der Waals surface area contributed by atoms with E-state index in [4.69, 9.17) is 15.2 Å². The van der Waals surface area contributed by atoms with Crippen molar-refractivity contribution in [2.75, 3.05) is 26.7 Å². The van der Waals surface area contributed by atoms with Gasteiger partial charge in [0.1, 0.15) is 12.2 Å². The summed E-state index contributed by atoms with van der Waals surface area (Å²) in [7, 11) is 1.65. The smallest absolute Gasteiger partial charge is 0.302 e. The van der Waals surface area contributed by atoms with Crippen molar-refractivity contribution in [2.45, 2.75) is 90.1 Å². The molecule has 10 heteroatoms. The second kappa shape index (κ2) is 15.3. The van der Waals surface area contributed by atoms with Crippen LogP contribution in [0.4, 0.5) is 0 Å². The first-order valence-electron chi connectivity index (χ1n) is 14.3. The molecule has 10 nitrogen and oxygen atoms in total. The SMILES string of the molecule is CN=C(N)NC[C@@H]1C[C@H]([C@H](O)C[C@@H](CCc2cc(OC3CCNCC3)c(O)cc2CO)OC(C)=O)CC[C@H]1C. The van der Waals surface area contributed by atoms with E-state index >= 15 is 0 Å². The van der Waals surface area contributed by atoms with E-state index in [0.717, 1.165) is 50.8 Å². The van der Waals surface area contributed by atoms with Crippen LogP contribution in [-0.2, 0) is 22.6 Å². The van der Waals surface area contributed by atoms with Crippen molar-refractivity contribution in [2.24, 2.45) is 28.5 Å². The standard InChI is InChI=1S/C29H48N4O6/c1-18-4-5-21(12-22(18)16-33-29(30)31-3)26(36)15-25(38-19(2)35)7-6-20-14-28(27(37)13-23(20)17-34)39-24-8-10-32-11-9-24/h13-14,18,21-22,24-26,32,34,36-37H,4-12,15-17H2,1-3H3,(H3,30,31,33)/t18-,21-,22+,25-,26-/m1/s1. The first-order chi connectivity index (χ1) is 18.7.